The topological polar surface area (TPSA) is 3.24 Å². The molecule has 1 aliphatic rings. The van der Waals surface area contributed by atoms with E-state index in [1.165, 1.54) is 41.7 Å². The van der Waals surface area contributed by atoms with Crippen molar-refractivity contribution < 1.29 is 0 Å². The maximum Gasteiger partial charge on any atom is 0.0210 e. The van der Waals surface area contributed by atoms with Crippen LogP contribution in [0.4, 0.5) is 0 Å². The fourth-order valence-corrected chi connectivity index (χ4v) is 4.54. The van der Waals surface area contributed by atoms with Crippen molar-refractivity contribution in [3.63, 3.8) is 0 Å². The predicted octanol–water partition coefficient (Wildman–Crippen LogP) is 5.90. The Morgan fingerprint density at radius 2 is 1.78 bits per heavy atom. The molecule has 1 aliphatic heterocycles. The van der Waals surface area contributed by atoms with Gasteiger partial charge in [-0.25, -0.2) is 0 Å². The Morgan fingerprint density at radius 3 is 2.30 bits per heavy atom. The van der Waals surface area contributed by atoms with Gasteiger partial charge in [-0.2, -0.15) is 0 Å². The van der Waals surface area contributed by atoms with Crippen molar-refractivity contribution in [3.05, 3.63) is 33.8 Å². The third kappa shape index (κ3) is 5.60. The molecule has 0 spiro atoms. The molecule has 0 aromatic heterocycles. The first-order valence-electron chi connectivity index (χ1n) is 9.16. The van der Waals surface area contributed by atoms with Crippen molar-refractivity contribution in [1.29, 1.82) is 0 Å². The molecular formula is C21H34BrN. The van der Waals surface area contributed by atoms with E-state index >= 15 is 0 Å². The van der Waals surface area contributed by atoms with Crippen molar-refractivity contribution in [2.75, 3.05) is 19.6 Å². The molecule has 3 unspecified atom stereocenters. The molecule has 0 saturated carbocycles. The molecule has 1 nitrogen and oxygen atoms in total. The van der Waals surface area contributed by atoms with E-state index in [1.54, 1.807) is 0 Å². The van der Waals surface area contributed by atoms with Crippen LogP contribution in [-0.2, 0) is 11.8 Å². The molecule has 23 heavy (non-hydrogen) atoms. The highest BCUT2D eigenvalue weighted by Gasteiger charge is 2.23. The van der Waals surface area contributed by atoms with Gasteiger partial charge in [0.1, 0.15) is 0 Å². The first-order valence-corrected chi connectivity index (χ1v) is 9.95. The van der Waals surface area contributed by atoms with Crippen LogP contribution in [0.15, 0.2) is 22.7 Å². The summed E-state index contributed by atoms with van der Waals surface area (Å²) in [5.41, 5.74) is 3.07. The number of halogens is 1. The second kappa shape index (κ2) is 7.70. The molecule has 3 atom stereocenters. The van der Waals surface area contributed by atoms with Crippen LogP contribution >= 0.6 is 15.9 Å². The molecule has 1 saturated heterocycles. The summed E-state index contributed by atoms with van der Waals surface area (Å²) < 4.78 is 1.28. The van der Waals surface area contributed by atoms with E-state index in [2.05, 4.69) is 80.6 Å². The van der Waals surface area contributed by atoms with Gasteiger partial charge in [0.05, 0.1) is 0 Å². The molecule has 1 aromatic rings. The maximum absolute atomic E-state index is 3.80. The molecule has 1 aromatic carbocycles. The zero-order chi connectivity index (χ0) is 17.2. The summed E-state index contributed by atoms with van der Waals surface area (Å²) in [5.74, 6) is 2.40. The molecule has 130 valence electrons. The highest BCUT2D eigenvalue weighted by molar-refractivity contribution is 9.10. The van der Waals surface area contributed by atoms with E-state index < -0.39 is 0 Å². The molecule has 0 aliphatic carbocycles. The number of piperidine rings is 1. The Bertz CT molecular complexity index is 507. The van der Waals surface area contributed by atoms with Gasteiger partial charge >= 0.3 is 0 Å². The smallest absolute Gasteiger partial charge is 0.0210 e. The van der Waals surface area contributed by atoms with Crippen LogP contribution in [0, 0.1) is 17.8 Å². The van der Waals surface area contributed by atoms with Crippen molar-refractivity contribution in [3.8, 4) is 0 Å². The lowest BCUT2D eigenvalue weighted by molar-refractivity contribution is 0.125. The standard InChI is InChI=1S/C21H34BrN/c1-15-9-16(2)13-23(12-15)14-17(3)10-18-7-8-19(11-20(18)22)21(4,5)6/h7-8,11,15-17H,9-10,12-14H2,1-6H3. The van der Waals surface area contributed by atoms with Crippen LogP contribution in [0.5, 0.6) is 0 Å². The lowest BCUT2D eigenvalue weighted by Gasteiger charge is -2.36. The van der Waals surface area contributed by atoms with Crippen molar-refractivity contribution in [2.45, 2.75) is 59.8 Å². The van der Waals surface area contributed by atoms with Crippen molar-refractivity contribution in [2.24, 2.45) is 17.8 Å². The minimum absolute atomic E-state index is 0.215. The van der Waals surface area contributed by atoms with Crippen LogP contribution in [-0.4, -0.2) is 24.5 Å². The number of hydrogen-bond donors (Lipinski definition) is 0. The Kier molecular flexibility index (Phi) is 6.35. The summed E-state index contributed by atoms with van der Waals surface area (Å²) >= 11 is 3.80. The third-order valence-corrected chi connectivity index (χ3v) is 5.74. The average molecular weight is 380 g/mol. The highest BCUT2D eigenvalue weighted by Crippen LogP contribution is 2.29. The predicted molar refractivity (Wildman–Crippen MR) is 105 cm³/mol. The molecular weight excluding hydrogens is 346 g/mol. The van der Waals surface area contributed by atoms with Crippen molar-refractivity contribution in [1.82, 2.24) is 4.90 Å². The largest absolute Gasteiger partial charge is 0.303 e. The summed E-state index contributed by atoms with van der Waals surface area (Å²) in [6, 6.07) is 6.94. The second-order valence-corrected chi connectivity index (χ2v) is 9.88. The summed E-state index contributed by atoms with van der Waals surface area (Å²) in [7, 11) is 0. The second-order valence-electron chi connectivity index (χ2n) is 9.03. The highest BCUT2D eigenvalue weighted by atomic mass is 79.9. The van der Waals surface area contributed by atoms with Crippen LogP contribution in [0.1, 0.15) is 59.1 Å². The number of rotatable bonds is 4. The summed E-state index contributed by atoms with van der Waals surface area (Å²) in [6.45, 7) is 17.8. The number of nitrogens with zero attached hydrogens (tertiary/aromatic N) is 1. The van der Waals surface area contributed by atoms with Gasteiger partial charge in [-0.1, -0.05) is 69.6 Å². The molecule has 0 bridgehead atoms. The lowest BCUT2D eigenvalue weighted by Crippen LogP contribution is -2.41. The Balaban J connectivity index is 1.96. The first-order chi connectivity index (χ1) is 10.6. The Hall–Kier alpha value is -0.340. The van der Waals surface area contributed by atoms with Crippen LogP contribution in [0.25, 0.3) is 0 Å². The fraction of sp³-hybridized carbons (Fsp3) is 0.714. The average Bonchev–Trinajstić information content (AvgIpc) is 2.38. The first kappa shape index (κ1) is 19.0. The van der Waals surface area contributed by atoms with Gasteiger partial charge in [-0.15, -0.1) is 0 Å². The van der Waals surface area contributed by atoms with Crippen LogP contribution in [0.2, 0.25) is 0 Å². The van der Waals surface area contributed by atoms with Crippen LogP contribution in [0.3, 0.4) is 0 Å². The Morgan fingerprint density at radius 1 is 1.17 bits per heavy atom. The molecule has 1 fully saturated rings. The maximum atomic E-state index is 3.80. The van der Waals surface area contributed by atoms with Gasteiger partial charge < -0.3 is 4.90 Å². The van der Waals surface area contributed by atoms with Gasteiger partial charge in [-0.3, -0.25) is 0 Å². The molecule has 2 rings (SSSR count). The minimum atomic E-state index is 0.215. The van der Waals surface area contributed by atoms with E-state index in [9.17, 15) is 0 Å². The van der Waals surface area contributed by atoms with Gasteiger partial charge in [0.25, 0.3) is 0 Å². The monoisotopic (exact) mass is 379 g/mol. The van der Waals surface area contributed by atoms with Crippen LogP contribution < -0.4 is 0 Å². The van der Waals surface area contributed by atoms with Gasteiger partial charge in [0.15, 0.2) is 0 Å². The van der Waals surface area contributed by atoms with E-state index in [-0.39, 0.29) is 5.41 Å². The summed E-state index contributed by atoms with van der Waals surface area (Å²) in [5, 5.41) is 0. The normalized spacial score (nSPS) is 24.7. The van der Waals surface area contributed by atoms with Crippen molar-refractivity contribution >= 4 is 15.9 Å². The number of likely N-dealkylation sites (tertiary alicyclic amines) is 1. The fourth-order valence-electron chi connectivity index (χ4n) is 4.00. The van der Waals surface area contributed by atoms with E-state index in [0.29, 0.717) is 5.92 Å². The molecule has 0 amide bonds. The molecule has 0 radical (unpaired) electrons. The number of hydrogen-bond acceptors (Lipinski definition) is 1. The van der Waals surface area contributed by atoms with Gasteiger partial charge in [-0.05, 0) is 53.2 Å². The van der Waals surface area contributed by atoms with Gasteiger partial charge in [0.2, 0.25) is 0 Å². The minimum Gasteiger partial charge on any atom is -0.303 e. The van der Waals surface area contributed by atoms with E-state index in [1.807, 2.05) is 0 Å². The SMILES string of the molecule is CC(Cc1ccc(C(C)(C)C)cc1Br)CN1CC(C)CC(C)C1. The zero-order valence-corrected chi connectivity index (χ0v) is 17.4. The quantitative estimate of drug-likeness (QED) is 0.628. The van der Waals surface area contributed by atoms with E-state index in [0.717, 1.165) is 18.3 Å². The third-order valence-electron chi connectivity index (χ3n) is 5.00. The Labute approximate surface area is 152 Å². The lowest BCUT2D eigenvalue weighted by atomic mass is 9.86. The molecule has 1 heterocycles. The van der Waals surface area contributed by atoms with E-state index in [4.69, 9.17) is 0 Å². The molecule has 0 N–H and O–H groups in total. The zero-order valence-electron chi connectivity index (χ0n) is 15.8. The number of benzene rings is 1. The molecule has 2 heteroatoms. The van der Waals surface area contributed by atoms with Gasteiger partial charge in [0, 0.05) is 24.1 Å². The summed E-state index contributed by atoms with van der Waals surface area (Å²) in [6.07, 6.45) is 2.55. The summed E-state index contributed by atoms with van der Waals surface area (Å²) in [4.78, 5) is 2.68.